The number of para-hydroxylation sites is 1. The quantitative estimate of drug-likeness (QED) is 0.524. The molecular formula is C19H27Cl2NOZr. The molecule has 1 aromatic carbocycles. The van der Waals surface area contributed by atoms with Crippen molar-refractivity contribution in [3.05, 3.63) is 29.3 Å². The fourth-order valence-electron chi connectivity index (χ4n) is 4.32. The Hall–Kier alpha value is 0.153. The summed E-state index contributed by atoms with van der Waals surface area (Å²) < 4.78 is 0. The number of aryl methyl sites for hydroxylation is 1. The van der Waals surface area contributed by atoms with E-state index in [1.165, 1.54) is 57.8 Å². The third-order valence-corrected chi connectivity index (χ3v) is 5.62. The number of nitrogens with zero attached hydrogens (tertiary/aromatic N) is 1. The van der Waals surface area contributed by atoms with E-state index in [1.807, 2.05) is 31.3 Å². The van der Waals surface area contributed by atoms with Crippen molar-refractivity contribution in [1.82, 2.24) is 0 Å². The Balaban J connectivity index is 0.000000647. The fraction of sp³-hybridized carbons (Fsp3) is 0.632. The molecule has 0 aliphatic heterocycles. The van der Waals surface area contributed by atoms with E-state index in [0.29, 0.717) is 17.2 Å². The molecule has 0 radical (unpaired) electrons. The predicted octanol–water partition coefficient (Wildman–Crippen LogP) is 6.39. The van der Waals surface area contributed by atoms with E-state index in [1.54, 1.807) is 0 Å². The molecule has 2 fully saturated rings. The fourth-order valence-corrected chi connectivity index (χ4v) is 4.32. The molecule has 2 saturated carbocycles. The molecule has 0 saturated heterocycles. The Labute approximate surface area is 164 Å². The van der Waals surface area contributed by atoms with Gasteiger partial charge in [0.25, 0.3) is 0 Å². The molecule has 1 aromatic rings. The zero-order chi connectivity index (χ0) is 17.4. The van der Waals surface area contributed by atoms with Crippen molar-refractivity contribution in [2.45, 2.75) is 70.8 Å². The number of aliphatic imine (C=N–C) groups is 1. The van der Waals surface area contributed by atoms with Crippen molar-refractivity contribution in [1.29, 1.82) is 0 Å². The number of phenolic OH excluding ortho intramolecular Hbond substituents is 1. The van der Waals surface area contributed by atoms with Gasteiger partial charge in [-0.1, -0.05) is 44.2 Å². The van der Waals surface area contributed by atoms with E-state index in [2.05, 4.69) is 0 Å². The third kappa shape index (κ3) is 5.32. The van der Waals surface area contributed by atoms with Crippen molar-refractivity contribution < 1.29 is 26.0 Å². The van der Waals surface area contributed by atoms with Crippen LogP contribution in [0.15, 0.2) is 23.2 Å². The Kier molecular flexibility index (Phi) is 8.82. The molecule has 2 aliphatic rings. The van der Waals surface area contributed by atoms with Crippen molar-refractivity contribution in [3.8, 4) is 5.75 Å². The number of halogens is 2. The van der Waals surface area contributed by atoms with Gasteiger partial charge in [-0.3, -0.25) is 4.99 Å². The third-order valence-electron chi connectivity index (χ3n) is 5.62. The van der Waals surface area contributed by atoms with E-state index >= 15 is 0 Å². The molecule has 0 bridgehead atoms. The SMILES string of the molecule is Cc1cccc(C=NC2CCCCC23CCCCC3)c1O.[Cl][Zr][Cl]. The summed E-state index contributed by atoms with van der Waals surface area (Å²) in [5.41, 5.74) is 2.26. The standard InChI is InChI=1S/C19H27NO.2ClH.Zr/c1-15-8-7-9-16(18(15)21)14-20-17-10-3-6-13-19(17)11-4-2-5-12-19;;;/h7-9,14,17,21H,2-6,10-13H2,1H3;2*1H;/q;;;+2/p-2. The second kappa shape index (κ2) is 10.3. The molecule has 0 amide bonds. The Morgan fingerprint density at radius 3 is 2.42 bits per heavy atom. The monoisotopic (exact) mass is 445 g/mol. The molecule has 1 unspecified atom stereocenters. The van der Waals surface area contributed by atoms with Crippen LogP contribution in [-0.2, 0) is 20.8 Å². The zero-order valence-electron chi connectivity index (χ0n) is 14.4. The molecule has 2 nitrogen and oxygen atoms in total. The molecule has 3 rings (SSSR count). The molecule has 1 spiro atoms. The molecule has 5 heteroatoms. The Morgan fingerprint density at radius 1 is 1.12 bits per heavy atom. The first-order valence-corrected chi connectivity index (χ1v) is 15.2. The average Bonchev–Trinajstić information content (AvgIpc) is 2.59. The Morgan fingerprint density at radius 2 is 1.75 bits per heavy atom. The van der Waals surface area contributed by atoms with Crippen LogP contribution in [0.3, 0.4) is 0 Å². The van der Waals surface area contributed by atoms with Gasteiger partial charge in [0, 0.05) is 11.8 Å². The van der Waals surface area contributed by atoms with Gasteiger partial charge in [0.1, 0.15) is 5.75 Å². The molecular weight excluding hydrogens is 420 g/mol. The minimum atomic E-state index is -0.826. The van der Waals surface area contributed by atoms with Crippen LogP contribution in [-0.4, -0.2) is 17.4 Å². The minimum absolute atomic E-state index is 0.384. The number of rotatable bonds is 2. The van der Waals surface area contributed by atoms with Gasteiger partial charge in [-0.25, -0.2) is 0 Å². The van der Waals surface area contributed by atoms with Crippen LogP contribution in [0.1, 0.15) is 68.9 Å². The second-order valence-corrected chi connectivity index (χ2v) is 10.8. The summed E-state index contributed by atoms with van der Waals surface area (Å²) in [7, 11) is 9.87. The van der Waals surface area contributed by atoms with Gasteiger partial charge in [-0.2, -0.15) is 0 Å². The van der Waals surface area contributed by atoms with Gasteiger partial charge in [0.2, 0.25) is 0 Å². The van der Waals surface area contributed by atoms with Crippen LogP contribution < -0.4 is 0 Å². The van der Waals surface area contributed by atoms with Crippen molar-refractivity contribution in [2.75, 3.05) is 0 Å². The molecule has 2 aliphatic carbocycles. The summed E-state index contributed by atoms with van der Waals surface area (Å²) in [4.78, 5) is 4.95. The normalized spacial score (nSPS) is 22.9. The second-order valence-electron chi connectivity index (χ2n) is 7.05. The molecule has 132 valence electrons. The molecule has 1 N–H and O–H groups in total. The van der Waals surface area contributed by atoms with Crippen LogP contribution in [0.25, 0.3) is 0 Å². The van der Waals surface area contributed by atoms with Gasteiger partial charge in [0.15, 0.2) is 0 Å². The number of hydrogen-bond acceptors (Lipinski definition) is 2. The van der Waals surface area contributed by atoms with Crippen LogP contribution in [0.4, 0.5) is 0 Å². The molecule has 0 aromatic heterocycles. The first kappa shape index (κ1) is 20.5. The number of aromatic hydroxyl groups is 1. The van der Waals surface area contributed by atoms with Gasteiger partial charge in [-0.05, 0) is 49.7 Å². The van der Waals surface area contributed by atoms with E-state index in [-0.39, 0.29) is 0 Å². The summed E-state index contributed by atoms with van der Waals surface area (Å²) >= 11 is -0.826. The Bertz CT molecular complexity index is 536. The van der Waals surface area contributed by atoms with Gasteiger partial charge < -0.3 is 5.11 Å². The van der Waals surface area contributed by atoms with E-state index in [9.17, 15) is 5.11 Å². The summed E-state index contributed by atoms with van der Waals surface area (Å²) in [6.07, 6.45) is 14.1. The first-order chi connectivity index (χ1) is 11.6. The van der Waals surface area contributed by atoms with Gasteiger partial charge in [0.05, 0.1) is 6.04 Å². The van der Waals surface area contributed by atoms with E-state index in [0.717, 1.165) is 11.1 Å². The maximum absolute atomic E-state index is 10.1. The van der Waals surface area contributed by atoms with Crippen molar-refractivity contribution in [2.24, 2.45) is 10.4 Å². The number of benzene rings is 1. The van der Waals surface area contributed by atoms with Crippen LogP contribution >= 0.6 is 17.0 Å². The number of hydrogen-bond donors (Lipinski definition) is 1. The number of phenols is 1. The zero-order valence-corrected chi connectivity index (χ0v) is 18.4. The van der Waals surface area contributed by atoms with Crippen LogP contribution in [0, 0.1) is 12.3 Å². The van der Waals surface area contributed by atoms with Crippen molar-refractivity contribution >= 4 is 23.2 Å². The van der Waals surface area contributed by atoms with E-state index < -0.39 is 20.8 Å². The van der Waals surface area contributed by atoms with E-state index in [4.69, 9.17) is 22.0 Å². The predicted molar refractivity (Wildman–Crippen MR) is 99.9 cm³/mol. The molecule has 24 heavy (non-hydrogen) atoms. The summed E-state index contributed by atoms with van der Waals surface area (Å²) in [6.45, 7) is 1.94. The topological polar surface area (TPSA) is 32.6 Å². The summed E-state index contributed by atoms with van der Waals surface area (Å²) in [5, 5.41) is 10.1. The summed E-state index contributed by atoms with van der Waals surface area (Å²) in [6, 6.07) is 6.36. The van der Waals surface area contributed by atoms with Crippen LogP contribution in [0.2, 0.25) is 0 Å². The van der Waals surface area contributed by atoms with Gasteiger partial charge in [-0.15, -0.1) is 0 Å². The maximum atomic E-state index is 10.1. The molecule has 1 atom stereocenters. The van der Waals surface area contributed by atoms with Crippen molar-refractivity contribution in [3.63, 3.8) is 0 Å². The van der Waals surface area contributed by atoms with Gasteiger partial charge >= 0.3 is 37.9 Å². The van der Waals surface area contributed by atoms with Crippen LogP contribution in [0.5, 0.6) is 5.75 Å². The molecule has 0 heterocycles. The first-order valence-electron chi connectivity index (χ1n) is 8.91. The average molecular weight is 448 g/mol. The summed E-state index contributed by atoms with van der Waals surface area (Å²) in [5.74, 6) is 0.384.